The minimum Gasteiger partial charge on any atom is -0.355 e. The largest absolute Gasteiger partial charge is 0.355 e. The lowest BCUT2D eigenvalue weighted by atomic mass is 10.0. The highest BCUT2D eigenvalue weighted by atomic mass is 16.2. The van der Waals surface area contributed by atoms with Crippen LogP contribution in [-0.2, 0) is 11.3 Å². The number of carbonyl (C=O) groups excluding carboxylic acids is 1. The van der Waals surface area contributed by atoms with Crippen molar-refractivity contribution in [2.24, 2.45) is 0 Å². The summed E-state index contributed by atoms with van der Waals surface area (Å²) in [6.07, 6.45) is 3.14. The molecule has 0 unspecified atom stereocenters. The highest BCUT2D eigenvalue weighted by Crippen LogP contribution is 2.16. The molecule has 1 aromatic rings. The van der Waals surface area contributed by atoms with E-state index in [1.807, 2.05) is 0 Å². The summed E-state index contributed by atoms with van der Waals surface area (Å²) >= 11 is 0. The van der Waals surface area contributed by atoms with Gasteiger partial charge in [-0.25, -0.2) is 0 Å². The van der Waals surface area contributed by atoms with Crippen molar-refractivity contribution < 1.29 is 4.79 Å². The monoisotopic (exact) mass is 260 g/mol. The van der Waals surface area contributed by atoms with Gasteiger partial charge in [-0.2, -0.15) is 0 Å². The van der Waals surface area contributed by atoms with E-state index in [-0.39, 0.29) is 11.9 Å². The lowest BCUT2D eigenvalue weighted by molar-refractivity contribution is -0.122. The predicted molar refractivity (Wildman–Crippen MR) is 78.1 cm³/mol. The molecule has 1 heterocycles. The molecule has 1 aliphatic rings. The van der Waals surface area contributed by atoms with E-state index in [9.17, 15) is 4.79 Å². The first kappa shape index (κ1) is 14.1. The van der Waals surface area contributed by atoms with Crippen molar-refractivity contribution in [2.45, 2.75) is 52.6 Å². The number of hydrogen-bond donors (Lipinski definition) is 2. The molecule has 2 N–H and O–H groups in total. The number of carbonyl (C=O) groups is 1. The van der Waals surface area contributed by atoms with Crippen molar-refractivity contribution >= 4 is 5.91 Å². The molecule has 1 aliphatic heterocycles. The number of aryl methyl sites for hydroxylation is 3. The normalized spacial score (nSPS) is 19.9. The van der Waals surface area contributed by atoms with Crippen LogP contribution >= 0.6 is 0 Å². The minimum atomic E-state index is -0.0384. The molecule has 3 heteroatoms. The third-order valence-electron chi connectivity index (χ3n) is 4.03. The van der Waals surface area contributed by atoms with Gasteiger partial charge in [0.25, 0.3) is 0 Å². The third-order valence-corrected chi connectivity index (χ3v) is 4.03. The van der Waals surface area contributed by atoms with Crippen molar-refractivity contribution in [3.63, 3.8) is 0 Å². The second kappa shape index (κ2) is 6.20. The summed E-state index contributed by atoms with van der Waals surface area (Å²) in [7, 11) is 0. The molecule has 1 saturated heterocycles. The van der Waals surface area contributed by atoms with Crippen LogP contribution in [0.4, 0.5) is 0 Å². The third kappa shape index (κ3) is 3.57. The van der Waals surface area contributed by atoms with Gasteiger partial charge in [-0.3, -0.25) is 4.79 Å². The number of hydrogen-bond acceptors (Lipinski definition) is 2. The molecule has 104 valence electrons. The molecule has 3 nitrogen and oxygen atoms in total. The highest BCUT2D eigenvalue weighted by Gasteiger charge is 2.19. The van der Waals surface area contributed by atoms with E-state index in [0.717, 1.165) is 32.4 Å². The van der Waals surface area contributed by atoms with E-state index in [2.05, 4.69) is 43.5 Å². The zero-order chi connectivity index (χ0) is 13.8. The maximum absolute atomic E-state index is 11.9. The van der Waals surface area contributed by atoms with Crippen LogP contribution < -0.4 is 10.6 Å². The quantitative estimate of drug-likeness (QED) is 0.876. The number of amides is 1. The van der Waals surface area contributed by atoms with Crippen LogP contribution in [0.3, 0.4) is 0 Å². The average molecular weight is 260 g/mol. The predicted octanol–water partition coefficient (Wildman–Crippen LogP) is 2.37. The van der Waals surface area contributed by atoms with Crippen LogP contribution in [0.5, 0.6) is 0 Å². The van der Waals surface area contributed by atoms with Crippen molar-refractivity contribution in [2.75, 3.05) is 6.54 Å². The lowest BCUT2D eigenvalue weighted by Gasteiger charge is -2.17. The van der Waals surface area contributed by atoms with Crippen molar-refractivity contribution in [1.82, 2.24) is 10.6 Å². The maximum atomic E-state index is 11.9. The Balaban J connectivity index is 2.01. The average Bonchev–Trinajstić information content (AvgIpc) is 2.57. The summed E-state index contributed by atoms with van der Waals surface area (Å²) in [6, 6.07) is 4.41. The van der Waals surface area contributed by atoms with Gasteiger partial charge in [0.05, 0.1) is 6.04 Å². The van der Waals surface area contributed by atoms with Gasteiger partial charge >= 0.3 is 0 Å². The van der Waals surface area contributed by atoms with Crippen LogP contribution in [0.25, 0.3) is 0 Å². The van der Waals surface area contributed by atoms with Crippen molar-refractivity contribution in [3.8, 4) is 0 Å². The maximum Gasteiger partial charge on any atom is 0.237 e. The van der Waals surface area contributed by atoms with Crippen LogP contribution in [0.1, 0.15) is 41.5 Å². The Hall–Kier alpha value is -1.35. The molecule has 2 rings (SSSR count). The van der Waals surface area contributed by atoms with E-state index in [0.29, 0.717) is 0 Å². The first-order valence-corrected chi connectivity index (χ1v) is 7.16. The van der Waals surface area contributed by atoms with Crippen LogP contribution in [0.15, 0.2) is 12.1 Å². The highest BCUT2D eigenvalue weighted by molar-refractivity contribution is 5.81. The zero-order valence-electron chi connectivity index (χ0n) is 12.2. The molecule has 1 amide bonds. The minimum absolute atomic E-state index is 0.0384. The number of benzene rings is 1. The molecule has 0 radical (unpaired) electrons. The molecule has 1 atom stereocenters. The Morgan fingerprint density at radius 3 is 2.68 bits per heavy atom. The van der Waals surface area contributed by atoms with Gasteiger partial charge < -0.3 is 10.6 Å². The van der Waals surface area contributed by atoms with E-state index >= 15 is 0 Å². The van der Waals surface area contributed by atoms with Gasteiger partial charge in [0.15, 0.2) is 0 Å². The molecule has 0 spiro atoms. The molecule has 0 aliphatic carbocycles. The summed E-state index contributed by atoms with van der Waals surface area (Å²) < 4.78 is 0. The van der Waals surface area contributed by atoms with Gasteiger partial charge in [-0.1, -0.05) is 12.1 Å². The fourth-order valence-corrected chi connectivity index (χ4v) is 2.58. The van der Waals surface area contributed by atoms with Crippen LogP contribution in [-0.4, -0.2) is 18.5 Å². The Morgan fingerprint density at radius 1 is 1.16 bits per heavy atom. The molecule has 19 heavy (non-hydrogen) atoms. The van der Waals surface area contributed by atoms with Crippen LogP contribution in [0, 0.1) is 20.8 Å². The molecule has 1 aromatic carbocycles. The van der Waals surface area contributed by atoms with Gasteiger partial charge in [0, 0.05) is 13.1 Å². The number of nitrogens with one attached hydrogen (secondary N) is 2. The molecule has 0 aromatic heterocycles. The van der Waals surface area contributed by atoms with E-state index in [1.165, 1.54) is 22.3 Å². The first-order chi connectivity index (χ1) is 9.08. The Kier molecular flexibility index (Phi) is 4.59. The summed E-state index contributed by atoms with van der Waals surface area (Å²) in [5, 5.41) is 6.37. The van der Waals surface area contributed by atoms with Crippen LogP contribution in [0.2, 0.25) is 0 Å². The molecule has 0 saturated carbocycles. The smallest absolute Gasteiger partial charge is 0.237 e. The molecular weight excluding hydrogens is 236 g/mol. The SMILES string of the molecule is Cc1cc(C)c(CN[C@H]2CCCCNC2=O)cc1C. The topological polar surface area (TPSA) is 41.1 Å². The fraction of sp³-hybridized carbons (Fsp3) is 0.562. The Morgan fingerprint density at radius 2 is 1.89 bits per heavy atom. The first-order valence-electron chi connectivity index (χ1n) is 7.16. The second-order valence-electron chi connectivity index (χ2n) is 5.58. The fourth-order valence-electron chi connectivity index (χ4n) is 2.58. The van der Waals surface area contributed by atoms with Gasteiger partial charge in [0.1, 0.15) is 0 Å². The Labute approximate surface area is 115 Å². The summed E-state index contributed by atoms with van der Waals surface area (Å²) in [4.78, 5) is 11.9. The van der Waals surface area contributed by atoms with Gasteiger partial charge in [0.2, 0.25) is 5.91 Å². The zero-order valence-corrected chi connectivity index (χ0v) is 12.2. The van der Waals surface area contributed by atoms with Gasteiger partial charge in [-0.05, 0) is 62.3 Å². The van der Waals surface area contributed by atoms with E-state index in [4.69, 9.17) is 0 Å². The van der Waals surface area contributed by atoms with E-state index in [1.54, 1.807) is 0 Å². The summed E-state index contributed by atoms with van der Waals surface area (Å²) in [5.74, 6) is 0.152. The van der Waals surface area contributed by atoms with Crippen molar-refractivity contribution in [1.29, 1.82) is 0 Å². The summed E-state index contributed by atoms with van der Waals surface area (Å²) in [5.41, 5.74) is 5.23. The van der Waals surface area contributed by atoms with E-state index < -0.39 is 0 Å². The van der Waals surface area contributed by atoms with Gasteiger partial charge in [-0.15, -0.1) is 0 Å². The number of rotatable bonds is 3. The standard InChI is InChI=1S/C16H24N2O/c1-11-8-13(3)14(9-12(11)2)10-18-15-6-4-5-7-17-16(15)19/h8-9,15,18H,4-7,10H2,1-3H3,(H,17,19)/t15-/m0/s1. The molecule has 0 bridgehead atoms. The molecule has 1 fully saturated rings. The van der Waals surface area contributed by atoms with Crippen molar-refractivity contribution in [3.05, 3.63) is 34.4 Å². The Bertz CT molecular complexity index is 468. The lowest BCUT2D eigenvalue weighted by Crippen LogP contribution is -2.42. The summed E-state index contributed by atoms with van der Waals surface area (Å²) in [6.45, 7) is 8.00. The molecular formula is C16H24N2O. The second-order valence-corrected chi connectivity index (χ2v) is 5.58.